The van der Waals surface area contributed by atoms with Crippen LogP contribution in [0.5, 0.6) is 0 Å². The Morgan fingerprint density at radius 2 is 1.84 bits per heavy atom. The number of hydrogen-bond acceptors (Lipinski definition) is 2. The first-order chi connectivity index (χ1) is 9.27. The summed E-state index contributed by atoms with van der Waals surface area (Å²) in [5, 5.41) is 3.22. The zero-order valence-electron chi connectivity index (χ0n) is 12.7. The quantitative estimate of drug-likeness (QED) is 0.635. The van der Waals surface area contributed by atoms with Gasteiger partial charge in [0.15, 0.2) is 0 Å². The molecule has 0 spiro atoms. The lowest BCUT2D eigenvalue weighted by Crippen LogP contribution is -2.23. The summed E-state index contributed by atoms with van der Waals surface area (Å²) < 4.78 is 6.19. The maximum Gasteiger partial charge on any atom is 0.0952 e. The zero-order valence-corrected chi connectivity index (χ0v) is 12.7. The maximum atomic E-state index is 6.19. The van der Waals surface area contributed by atoms with Gasteiger partial charge < -0.3 is 10.1 Å². The van der Waals surface area contributed by atoms with Crippen molar-refractivity contribution in [2.45, 2.75) is 58.2 Å². The highest BCUT2D eigenvalue weighted by atomic mass is 16.5. The van der Waals surface area contributed by atoms with Crippen LogP contribution in [-0.4, -0.2) is 19.7 Å². The van der Waals surface area contributed by atoms with Crippen LogP contribution in [0.4, 0.5) is 0 Å². The molecule has 2 nitrogen and oxygen atoms in total. The molecule has 1 N–H and O–H groups in total. The second-order valence-corrected chi connectivity index (χ2v) is 5.25. The van der Waals surface area contributed by atoms with E-state index in [4.69, 9.17) is 4.74 Å². The van der Waals surface area contributed by atoms with E-state index < -0.39 is 0 Å². The van der Waals surface area contributed by atoms with Gasteiger partial charge in [-0.3, -0.25) is 0 Å². The maximum absolute atomic E-state index is 6.19. The molecular weight excluding hydrogens is 234 g/mol. The van der Waals surface area contributed by atoms with Crippen molar-refractivity contribution in [2.75, 3.05) is 13.6 Å². The van der Waals surface area contributed by atoms with E-state index in [1.165, 1.54) is 31.2 Å². The summed E-state index contributed by atoms with van der Waals surface area (Å²) in [5.41, 5.74) is 1.26. The normalized spacial score (nSPS) is 14.3. The molecule has 0 saturated heterocycles. The van der Waals surface area contributed by atoms with Crippen molar-refractivity contribution >= 4 is 0 Å². The molecule has 0 aliphatic carbocycles. The highest BCUT2D eigenvalue weighted by molar-refractivity contribution is 5.17. The summed E-state index contributed by atoms with van der Waals surface area (Å²) in [4.78, 5) is 0. The number of nitrogens with one attached hydrogen (secondary N) is 1. The van der Waals surface area contributed by atoms with E-state index in [1.54, 1.807) is 0 Å². The van der Waals surface area contributed by atoms with Crippen LogP contribution in [0, 0.1) is 0 Å². The molecule has 0 aromatic heterocycles. The van der Waals surface area contributed by atoms with Crippen molar-refractivity contribution in [1.29, 1.82) is 0 Å². The van der Waals surface area contributed by atoms with Gasteiger partial charge in [-0.2, -0.15) is 0 Å². The monoisotopic (exact) mass is 263 g/mol. The third-order valence-corrected chi connectivity index (χ3v) is 3.42. The van der Waals surface area contributed by atoms with E-state index in [-0.39, 0.29) is 6.10 Å². The Hall–Kier alpha value is -0.860. The summed E-state index contributed by atoms with van der Waals surface area (Å²) in [5.74, 6) is 0. The Kier molecular flexibility index (Phi) is 8.52. The summed E-state index contributed by atoms with van der Waals surface area (Å²) >= 11 is 0. The predicted molar refractivity (Wildman–Crippen MR) is 82.4 cm³/mol. The fourth-order valence-electron chi connectivity index (χ4n) is 2.30. The lowest BCUT2D eigenvalue weighted by Gasteiger charge is -2.23. The molecule has 19 heavy (non-hydrogen) atoms. The van der Waals surface area contributed by atoms with Gasteiger partial charge in [0.25, 0.3) is 0 Å². The first kappa shape index (κ1) is 16.2. The van der Waals surface area contributed by atoms with E-state index in [1.807, 2.05) is 13.1 Å². The highest BCUT2D eigenvalue weighted by Crippen LogP contribution is 2.20. The molecule has 0 bridgehead atoms. The van der Waals surface area contributed by atoms with Gasteiger partial charge in [-0.15, -0.1) is 0 Å². The first-order valence-electron chi connectivity index (χ1n) is 7.63. The van der Waals surface area contributed by atoms with Crippen LogP contribution >= 0.6 is 0 Å². The van der Waals surface area contributed by atoms with Gasteiger partial charge in [-0.25, -0.2) is 0 Å². The van der Waals surface area contributed by atoms with E-state index in [2.05, 4.69) is 43.4 Å². The second kappa shape index (κ2) is 9.99. The van der Waals surface area contributed by atoms with Crippen LogP contribution in [0.15, 0.2) is 30.3 Å². The van der Waals surface area contributed by atoms with Crippen molar-refractivity contribution in [2.24, 2.45) is 0 Å². The Bertz CT molecular complexity index is 312. The Morgan fingerprint density at radius 1 is 1.11 bits per heavy atom. The summed E-state index contributed by atoms with van der Waals surface area (Å²) in [6.45, 7) is 5.30. The minimum Gasteiger partial charge on any atom is -0.369 e. The largest absolute Gasteiger partial charge is 0.369 e. The predicted octanol–water partition coefficient (Wildman–Crippen LogP) is 4.32. The van der Waals surface area contributed by atoms with Gasteiger partial charge in [0, 0.05) is 6.54 Å². The average molecular weight is 263 g/mol. The first-order valence-corrected chi connectivity index (χ1v) is 7.63. The van der Waals surface area contributed by atoms with Crippen LogP contribution in [-0.2, 0) is 4.74 Å². The van der Waals surface area contributed by atoms with Crippen LogP contribution in [0.25, 0.3) is 0 Å². The van der Waals surface area contributed by atoms with Crippen LogP contribution < -0.4 is 5.32 Å². The van der Waals surface area contributed by atoms with E-state index in [0.717, 1.165) is 13.0 Å². The minimum atomic E-state index is 0.160. The van der Waals surface area contributed by atoms with Crippen LogP contribution in [0.3, 0.4) is 0 Å². The fraction of sp³-hybridized carbons (Fsp3) is 0.647. The molecule has 0 amide bonds. The molecule has 108 valence electrons. The van der Waals surface area contributed by atoms with Crippen LogP contribution in [0.1, 0.15) is 57.6 Å². The molecule has 2 unspecified atom stereocenters. The minimum absolute atomic E-state index is 0.160. The Labute approximate surface area is 118 Å². The van der Waals surface area contributed by atoms with Gasteiger partial charge in [-0.1, -0.05) is 62.9 Å². The summed E-state index contributed by atoms with van der Waals surface area (Å²) in [6, 6.07) is 10.5. The number of likely N-dealkylation sites (N-methyl/N-ethyl adjacent to an activating group) is 1. The van der Waals surface area contributed by atoms with Gasteiger partial charge in [0.2, 0.25) is 0 Å². The molecule has 1 rings (SSSR count). The Balaban J connectivity index is 2.40. The van der Waals surface area contributed by atoms with Crippen molar-refractivity contribution in [1.82, 2.24) is 5.32 Å². The molecular formula is C17H29NO. The van der Waals surface area contributed by atoms with Crippen molar-refractivity contribution in [3.63, 3.8) is 0 Å². The summed E-state index contributed by atoms with van der Waals surface area (Å²) in [7, 11) is 1.98. The second-order valence-electron chi connectivity index (χ2n) is 5.25. The lowest BCUT2D eigenvalue weighted by molar-refractivity contribution is -0.00719. The lowest BCUT2D eigenvalue weighted by atomic mass is 10.1. The summed E-state index contributed by atoms with van der Waals surface area (Å²) in [6.07, 6.45) is 6.88. The molecule has 2 heteroatoms. The number of hydrogen-bond donors (Lipinski definition) is 1. The number of unbranched alkanes of at least 4 members (excludes halogenated alkanes) is 3. The molecule has 2 atom stereocenters. The van der Waals surface area contributed by atoms with E-state index >= 15 is 0 Å². The highest BCUT2D eigenvalue weighted by Gasteiger charge is 2.14. The molecule has 0 fully saturated rings. The molecule has 0 aliphatic rings. The topological polar surface area (TPSA) is 21.3 Å². The smallest absolute Gasteiger partial charge is 0.0952 e. The van der Waals surface area contributed by atoms with E-state index in [0.29, 0.717) is 6.10 Å². The van der Waals surface area contributed by atoms with Crippen molar-refractivity contribution in [3.05, 3.63) is 35.9 Å². The SMILES string of the molecule is CCCCCCC(C)OC(CNC)c1ccccc1. The molecule has 0 aliphatic heterocycles. The van der Waals surface area contributed by atoms with Gasteiger partial charge >= 0.3 is 0 Å². The molecule has 0 radical (unpaired) electrons. The molecule has 0 heterocycles. The van der Waals surface area contributed by atoms with Crippen molar-refractivity contribution < 1.29 is 4.74 Å². The molecule has 0 saturated carbocycles. The zero-order chi connectivity index (χ0) is 13.9. The Morgan fingerprint density at radius 3 is 2.47 bits per heavy atom. The standard InChI is InChI=1S/C17H29NO/c1-4-5-6-8-11-15(2)19-17(14-18-3)16-12-9-7-10-13-16/h7,9-10,12-13,15,17-18H,4-6,8,11,14H2,1-3H3. The van der Waals surface area contributed by atoms with Crippen LogP contribution in [0.2, 0.25) is 0 Å². The fourth-order valence-corrected chi connectivity index (χ4v) is 2.30. The molecule has 1 aromatic rings. The number of benzene rings is 1. The third-order valence-electron chi connectivity index (χ3n) is 3.42. The van der Waals surface area contributed by atoms with Gasteiger partial charge in [0.05, 0.1) is 12.2 Å². The third kappa shape index (κ3) is 6.74. The van der Waals surface area contributed by atoms with Gasteiger partial charge in [0.1, 0.15) is 0 Å². The molecule has 1 aromatic carbocycles. The van der Waals surface area contributed by atoms with E-state index in [9.17, 15) is 0 Å². The number of ether oxygens (including phenoxy) is 1. The van der Waals surface area contributed by atoms with Gasteiger partial charge in [-0.05, 0) is 26.0 Å². The average Bonchev–Trinajstić information content (AvgIpc) is 2.44. The number of rotatable bonds is 10. The van der Waals surface area contributed by atoms with Crippen molar-refractivity contribution in [3.8, 4) is 0 Å².